The summed E-state index contributed by atoms with van der Waals surface area (Å²) in [6.45, 7) is 8.99. The Bertz CT molecular complexity index is 352. The molecule has 3 atom stereocenters. The van der Waals surface area contributed by atoms with Gasteiger partial charge in [-0.3, -0.25) is 4.79 Å². The Morgan fingerprint density at radius 1 is 1.33 bits per heavy atom. The lowest BCUT2D eigenvalue weighted by Gasteiger charge is -2.46. The van der Waals surface area contributed by atoms with Gasteiger partial charge in [0.05, 0.1) is 0 Å². The summed E-state index contributed by atoms with van der Waals surface area (Å²) in [6.07, 6.45) is 5.43. The zero-order valence-corrected chi connectivity index (χ0v) is 9.81. The average Bonchev–Trinajstić information content (AvgIpc) is 2.72. The van der Waals surface area contributed by atoms with Gasteiger partial charge in [0.1, 0.15) is 5.78 Å². The van der Waals surface area contributed by atoms with Crippen LogP contribution in [0.3, 0.4) is 0 Å². The fraction of sp³-hybridized carbons (Fsp3) is 0.786. The van der Waals surface area contributed by atoms with Crippen molar-refractivity contribution in [1.29, 1.82) is 0 Å². The number of hydrogen-bond donors (Lipinski definition) is 0. The molecule has 0 aromatic rings. The lowest BCUT2D eigenvalue weighted by atomic mass is 9.57. The van der Waals surface area contributed by atoms with Crippen molar-refractivity contribution in [1.82, 2.24) is 0 Å². The minimum atomic E-state index is 0.0528. The van der Waals surface area contributed by atoms with Crippen molar-refractivity contribution in [3.05, 3.63) is 12.2 Å². The second-order valence-electron chi connectivity index (χ2n) is 6.36. The molecule has 0 N–H and O–H groups in total. The van der Waals surface area contributed by atoms with E-state index in [1.807, 2.05) is 0 Å². The van der Waals surface area contributed by atoms with Crippen LogP contribution < -0.4 is 0 Å². The van der Waals surface area contributed by atoms with Gasteiger partial charge in [0, 0.05) is 11.8 Å². The molecule has 0 radical (unpaired) electrons. The molecular formula is C14H20O. The molecule has 3 fully saturated rings. The Balaban J connectivity index is 2.10. The molecule has 3 aliphatic rings. The highest BCUT2D eigenvalue weighted by Crippen LogP contribution is 2.66. The first kappa shape index (κ1) is 9.62. The van der Waals surface area contributed by atoms with E-state index in [-0.39, 0.29) is 10.8 Å². The van der Waals surface area contributed by atoms with Gasteiger partial charge in [-0.15, -0.1) is 0 Å². The number of allylic oxidation sites excluding steroid dienone is 1. The molecule has 0 unspecified atom stereocenters. The number of carbonyl (C=O) groups excluding carboxylic acids is 1. The molecule has 0 aliphatic heterocycles. The highest BCUT2D eigenvalue weighted by atomic mass is 16.1. The summed E-state index contributed by atoms with van der Waals surface area (Å²) in [5, 5.41) is 0. The summed E-state index contributed by atoms with van der Waals surface area (Å²) in [5.74, 6) is 1.77. The molecule has 1 nitrogen and oxygen atoms in total. The first-order chi connectivity index (χ1) is 6.98. The highest BCUT2D eigenvalue weighted by Gasteiger charge is 2.62. The van der Waals surface area contributed by atoms with E-state index in [0.29, 0.717) is 17.6 Å². The van der Waals surface area contributed by atoms with Gasteiger partial charge in [-0.2, -0.15) is 0 Å². The second kappa shape index (κ2) is 2.56. The summed E-state index contributed by atoms with van der Waals surface area (Å²) in [7, 11) is 0. The van der Waals surface area contributed by atoms with E-state index in [4.69, 9.17) is 0 Å². The van der Waals surface area contributed by atoms with E-state index in [2.05, 4.69) is 20.4 Å². The number of rotatable bonds is 0. The van der Waals surface area contributed by atoms with Crippen LogP contribution in [0.15, 0.2) is 12.2 Å². The molecule has 0 amide bonds. The average molecular weight is 204 g/mol. The third kappa shape index (κ3) is 0.926. The van der Waals surface area contributed by atoms with Gasteiger partial charge in [-0.05, 0) is 42.9 Å². The van der Waals surface area contributed by atoms with Gasteiger partial charge in [-0.1, -0.05) is 26.0 Å². The molecule has 3 saturated carbocycles. The first-order valence-electron chi connectivity index (χ1n) is 6.21. The predicted octanol–water partition coefficient (Wildman–Crippen LogP) is 3.35. The van der Waals surface area contributed by atoms with Crippen molar-refractivity contribution in [2.75, 3.05) is 0 Å². The van der Waals surface area contributed by atoms with Crippen LogP contribution in [0.2, 0.25) is 0 Å². The van der Waals surface area contributed by atoms with Gasteiger partial charge in [-0.25, -0.2) is 0 Å². The number of fused-ring (bicyclic) bond motifs is 1. The van der Waals surface area contributed by atoms with Crippen molar-refractivity contribution >= 4 is 5.78 Å². The van der Waals surface area contributed by atoms with Crippen LogP contribution in [-0.2, 0) is 4.79 Å². The molecular weight excluding hydrogens is 184 g/mol. The Morgan fingerprint density at radius 3 is 2.80 bits per heavy atom. The summed E-state index contributed by atoms with van der Waals surface area (Å²) < 4.78 is 0. The fourth-order valence-electron chi connectivity index (χ4n) is 4.48. The summed E-state index contributed by atoms with van der Waals surface area (Å²) >= 11 is 0. The minimum Gasteiger partial charge on any atom is -0.299 e. The SMILES string of the molecule is C=C1[C@H]2CCC(=O)[C@@]23CC[C@H](C3)C1(C)C. The molecule has 1 heteroatoms. The quantitative estimate of drug-likeness (QED) is 0.553. The van der Waals surface area contributed by atoms with Crippen LogP contribution in [0.4, 0.5) is 0 Å². The van der Waals surface area contributed by atoms with Crippen LogP contribution >= 0.6 is 0 Å². The fourth-order valence-corrected chi connectivity index (χ4v) is 4.48. The normalized spacial score (nSPS) is 47.1. The van der Waals surface area contributed by atoms with E-state index in [0.717, 1.165) is 25.7 Å². The molecule has 0 aromatic carbocycles. The lowest BCUT2D eigenvalue weighted by Crippen LogP contribution is -2.41. The third-order valence-corrected chi connectivity index (χ3v) is 5.70. The maximum atomic E-state index is 12.1. The van der Waals surface area contributed by atoms with Crippen LogP contribution in [0, 0.1) is 22.7 Å². The molecule has 0 aromatic heterocycles. The van der Waals surface area contributed by atoms with Gasteiger partial charge in [0.25, 0.3) is 0 Å². The molecule has 15 heavy (non-hydrogen) atoms. The van der Waals surface area contributed by atoms with Gasteiger partial charge < -0.3 is 0 Å². The number of carbonyl (C=O) groups is 1. The monoisotopic (exact) mass is 204 g/mol. The number of ketones is 1. The number of Topliss-reactive ketones (excluding diaryl/α,β-unsaturated/α-hetero) is 1. The predicted molar refractivity (Wildman–Crippen MR) is 60.4 cm³/mol. The summed E-state index contributed by atoms with van der Waals surface area (Å²) in [5.41, 5.74) is 1.70. The zero-order valence-electron chi connectivity index (χ0n) is 9.81. The smallest absolute Gasteiger partial charge is 0.139 e. The van der Waals surface area contributed by atoms with Crippen LogP contribution in [0.5, 0.6) is 0 Å². The van der Waals surface area contributed by atoms with Gasteiger partial charge >= 0.3 is 0 Å². The van der Waals surface area contributed by atoms with Crippen molar-refractivity contribution in [3.63, 3.8) is 0 Å². The Labute approximate surface area is 91.9 Å². The van der Waals surface area contributed by atoms with Crippen molar-refractivity contribution in [2.24, 2.45) is 22.7 Å². The van der Waals surface area contributed by atoms with E-state index >= 15 is 0 Å². The van der Waals surface area contributed by atoms with Crippen molar-refractivity contribution in [3.8, 4) is 0 Å². The molecule has 0 saturated heterocycles. The second-order valence-corrected chi connectivity index (χ2v) is 6.36. The molecule has 82 valence electrons. The molecule has 1 spiro atoms. The van der Waals surface area contributed by atoms with Crippen LogP contribution in [0.1, 0.15) is 46.0 Å². The maximum absolute atomic E-state index is 12.1. The summed E-state index contributed by atoms with van der Waals surface area (Å²) in [6, 6.07) is 0. The van der Waals surface area contributed by atoms with Crippen LogP contribution in [0.25, 0.3) is 0 Å². The van der Waals surface area contributed by atoms with E-state index < -0.39 is 0 Å². The topological polar surface area (TPSA) is 17.1 Å². The zero-order chi connectivity index (χ0) is 10.8. The van der Waals surface area contributed by atoms with Crippen molar-refractivity contribution in [2.45, 2.75) is 46.0 Å². The molecule has 2 bridgehead atoms. The maximum Gasteiger partial charge on any atom is 0.139 e. The highest BCUT2D eigenvalue weighted by molar-refractivity contribution is 5.88. The largest absolute Gasteiger partial charge is 0.299 e. The third-order valence-electron chi connectivity index (χ3n) is 5.70. The standard InChI is InChI=1S/C14H20O/c1-9-11-4-5-12(15)14(11)7-6-10(8-14)13(9,2)3/h10-11H,1,4-8H2,2-3H3/t10-,11-,14-/m1/s1. The van der Waals surface area contributed by atoms with E-state index in [1.165, 1.54) is 12.0 Å². The molecule has 3 aliphatic carbocycles. The first-order valence-corrected chi connectivity index (χ1v) is 6.21. The minimum absolute atomic E-state index is 0.0528. The lowest BCUT2D eigenvalue weighted by molar-refractivity contribution is -0.127. The Kier molecular flexibility index (Phi) is 1.64. The van der Waals surface area contributed by atoms with Crippen LogP contribution in [-0.4, -0.2) is 5.78 Å². The summed E-state index contributed by atoms with van der Waals surface area (Å²) in [4.78, 5) is 12.1. The number of hydrogen-bond acceptors (Lipinski definition) is 1. The van der Waals surface area contributed by atoms with Crippen molar-refractivity contribution < 1.29 is 4.79 Å². The Hall–Kier alpha value is -0.590. The van der Waals surface area contributed by atoms with Gasteiger partial charge in [0.15, 0.2) is 0 Å². The molecule has 0 heterocycles. The van der Waals surface area contributed by atoms with E-state index in [9.17, 15) is 4.79 Å². The molecule has 3 rings (SSSR count). The van der Waals surface area contributed by atoms with Gasteiger partial charge in [0.2, 0.25) is 0 Å². The Morgan fingerprint density at radius 2 is 2.07 bits per heavy atom. The van der Waals surface area contributed by atoms with E-state index in [1.54, 1.807) is 0 Å².